The van der Waals surface area contributed by atoms with E-state index in [0.29, 0.717) is 31.2 Å². The summed E-state index contributed by atoms with van der Waals surface area (Å²) in [5.74, 6) is -0.560. The van der Waals surface area contributed by atoms with Gasteiger partial charge in [0.2, 0.25) is 5.91 Å². The molecule has 0 heterocycles. The molecular formula is C16H22N2O3. The number of primary amides is 1. The summed E-state index contributed by atoms with van der Waals surface area (Å²) >= 11 is 0. The highest BCUT2D eigenvalue weighted by molar-refractivity contribution is 5.92. The van der Waals surface area contributed by atoms with Gasteiger partial charge in [-0.1, -0.05) is 12.1 Å². The Morgan fingerprint density at radius 1 is 1.29 bits per heavy atom. The SMILES string of the molecule is CCOC(=O)CCN(Cc1ccc(C(N)=O)cc1)C1CC1. The van der Waals surface area contributed by atoms with Crippen molar-refractivity contribution in [2.75, 3.05) is 13.2 Å². The number of carbonyl (C=O) groups excluding carboxylic acids is 2. The fraction of sp³-hybridized carbons (Fsp3) is 0.500. The van der Waals surface area contributed by atoms with Crippen LogP contribution in [0, 0.1) is 0 Å². The molecule has 0 radical (unpaired) electrons. The van der Waals surface area contributed by atoms with Crippen molar-refractivity contribution in [1.82, 2.24) is 4.90 Å². The van der Waals surface area contributed by atoms with E-state index in [1.165, 1.54) is 12.8 Å². The minimum absolute atomic E-state index is 0.146. The topological polar surface area (TPSA) is 72.6 Å². The number of ether oxygens (including phenoxy) is 1. The first kappa shape index (κ1) is 15.5. The number of esters is 1. The molecule has 1 saturated carbocycles. The van der Waals surface area contributed by atoms with Crippen LogP contribution >= 0.6 is 0 Å². The molecule has 0 aliphatic heterocycles. The lowest BCUT2D eigenvalue weighted by Gasteiger charge is -2.21. The maximum absolute atomic E-state index is 11.5. The molecule has 1 aromatic carbocycles. The van der Waals surface area contributed by atoms with Gasteiger partial charge >= 0.3 is 5.97 Å². The van der Waals surface area contributed by atoms with Gasteiger partial charge in [0.1, 0.15) is 0 Å². The monoisotopic (exact) mass is 290 g/mol. The van der Waals surface area contributed by atoms with E-state index in [1.807, 2.05) is 19.1 Å². The first-order valence-electron chi connectivity index (χ1n) is 7.38. The Balaban J connectivity index is 1.90. The smallest absolute Gasteiger partial charge is 0.307 e. The predicted molar refractivity (Wildman–Crippen MR) is 79.6 cm³/mol. The van der Waals surface area contributed by atoms with E-state index >= 15 is 0 Å². The van der Waals surface area contributed by atoms with Gasteiger partial charge in [-0.15, -0.1) is 0 Å². The van der Waals surface area contributed by atoms with Crippen molar-refractivity contribution >= 4 is 11.9 Å². The summed E-state index contributed by atoms with van der Waals surface area (Å²) in [6.07, 6.45) is 2.79. The zero-order valence-electron chi connectivity index (χ0n) is 12.4. The van der Waals surface area contributed by atoms with Crippen molar-refractivity contribution in [3.05, 3.63) is 35.4 Å². The standard InChI is InChI=1S/C16H22N2O3/c1-2-21-15(19)9-10-18(14-7-8-14)11-12-3-5-13(6-4-12)16(17)20/h3-6,14H,2,7-11H2,1H3,(H2,17,20). The van der Waals surface area contributed by atoms with Crippen LogP contribution in [-0.4, -0.2) is 36.0 Å². The van der Waals surface area contributed by atoms with Crippen LogP contribution in [0.5, 0.6) is 0 Å². The Morgan fingerprint density at radius 3 is 2.48 bits per heavy atom. The third-order valence-corrected chi connectivity index (χ3v) is 3.60. The number of nitrogens with two attached hydrogens (primary N) is 1. The van der Waals surface area contributed by atoms with Crippen molar-refractivity contribution in [1.29, 1.82) is 0 Å². The summed E-state index contributed by atoms with van der Waals surface area (Å²) in [7, 11) is 0. The van der Waals surface area contributed by atoms with Gasteiger partial charge in [0.05, 0.1) is 13.0 Å². The van der Waals surface area contributed by atoms with Crippen molar-refractivity contribution in [2.24, 2.45) is 5.73 Å². The Labute approximate surface area is 125 Å². The average Bonchev–Trinajstić information content (AvgIpc) is 3.29. The summed E-state index contributed by atoms with van der Waals surface area (Å²) in [5.41, 5.74) is 6.87. The highest BCUT2D eigenvalue weighted by Crippen LogP contribution is 2.28. The van der Waals surface area contributed by atoms with E-state index < -0.39 is 5.91 Å². The van der Waals surface area contributed by atoms with E-state index in [-0.39, 0.29) is 5.97 Å². The van der Waals surface area contributed by atoms with Crippen molar-refractivity contribution < 1.29 is 14.3 Å². The van der Waals surface area contributed by atoms with Gasteiger partial charge in [0.15, 0.2) is 0 Å². The van der Waals surface area contributed by atoms with Crippen LogP contribution in [0.1, 0.15) is 42.1 Å². The molecule has 2 rings (SSSR count). The van der Waals surface area contributed by atoms with E-state index in [2.05, 4.69) is 4.90 Å². The third-order valence-electron chi connectivity index (χ3n) is 3.60. The van der Waals surface area contributed by atoms with Gasteiger partial charge < -0.3 is 10.5 Å². The van der Waals surface area contributed by atoms with Crippen LogP contribution in [-0.2, 0) is 16.1 Å². The lowest BCUT2D eigenvalue weighted by Crippen LogP contribution is -2.28. The molecule has 0 aromatic heterocycles. The summed E-state index contributed by atoms with van der Waals surface area (Å²) in [5, 5.41) is 0. The minimum Gasteiger partial charge on any atom is -0.466 e. The molecule has 114 valence electrons. The normalized spacial score (nSPS) is 14.2. The number of amides is 1. The van der Waals surface area contributed by atoms with E-state index in [1.54, 1.807) is 12.1 Å². The number of carbonyl (C=O) groups is 2. The van der Waals surface area contributed by atoms with Crippen LogP contribution in [0.15, 0.2) is 24.3 Å². The third kappa shape index (κ3) is 4.86. The molecule has 5 nitrogen and oxygen atoms in total. The Hall–Kier alpha value is -1.88. The Morgan fingerprint density at radius 2 is 1.95 bits per heavy atom. The van der Waals surface area contributed by atoms with E-state index in [9.17, 15) is 9.59 Å². The lowest BCUT2D eigenvalue weighted by molar-refractivity contribution is -0.143. The molecule has 1 aliphatic rings. The van der Waals surface area contributed by atoms with Gasteiger partial charge in [-0.3, -0.25) is 14.5 Å². The van der Waals surface area contributed by atoms with E-state index in [4.69, 9.17) is 10.5 Å². The second-order valence-electron chi connectivity index (χ2n) is 5.32. The Bertz CT molecular complexity index is 495. The number of benzene rings is 1. The largest absolute Gasteiger partial charge is 0.466 e. The van der Waals surface area contributed by atoms with Gasteiger partial charge in [0, 0.05) is 24.7 Å². The molecule has 0 spiro atoms. The maximum Gasteiger partial charge on any atom is 0.307 e. The van der Waals surface area contributed by atoms with Crippen LogP contribution in [0.4, 0.5) is 0 Å². The molecule has 0 bridgehead atoms. The first-order valence-corrected chi connectivity index (χ1v) is 7.38. The molecule has 1 aliphatic carbocycles. The second kappa shape index (κ2) is 7.22. The lowest BCUT2D eigenvalue weighted by atomic mass is 10.1. The fourth-order valence-electron chi connectivity index (χ4n) is 2.31. The number of hydrogen-bond acceptors (Lipinski definition) is 4. The highest BCUT2D eigenvalue weighted by atomic mass is 16.5. The number of hydrogen-bond donors (Lipinski definition) is 1. The predicted octanol–water partition coefficient (Wildman–Crippen LogP) is 1.70. The molecule has 2 N–H and O–H groups in total. The number of rotatable bonds is 8. The van der Waals surface area contributed by atoms with Crippen LogP contribution < -0.4 is 5.73 Å². The molecule has 1 aromatic rings. The molecule has 5 heteroatoms. The van der Waals surface area contributed by atoms with Crippen molar-refractivity contribution in [2.45, 2.75) is 38.8 Å². The zero-order chi connectivity index (χ0) is 15.2. The molecular weight excluding hydrogens is 268 g/mol. The van der Waals surface area contributed by atoms with Gasteiger partial charge in [0.25, 0.3) is 0 Å². The molecule has 1 fully saturated rings. The first-order chi connectivity index (χ1) is 10.1. The molecule has 0 saturated heterocycles. The minimum atomic E-state index is -0.414. The van der Waals surface area contributed by atoms with Crippen molar-refractivity contribution in [3.8, 4) is 0 Å². The molecule has 1 amide bonds. The molecule has 0 atom stereocenters. The zero-order valence-corrected chi connectivity index (χ0v) is 12.4. The van der Waals surface area contributed by atoms with Crippen molar-refractivity contribution in [3.63, 3.8) is 0 Å². The van der Waals surface area contributed by atoms with Crippen LogP contribution in [0.2, 0.25) is 0 Å². The van der Waals surface area contributed by atoms with Crippen LogP contribution in [0.25, 0.3) is 0 Å². The summed E-state index contributed by atoms with van der Waals surface area (Å²) in [4.78, 5) is 24.8. The molecule has 21 heavy (non-hydrogen) atoms. The molecule has 0 unspecified atom stereocenters. The quantitative estimate of drug-likeness (QED) is 0.740. The summed E-state index contributed by atoms with van der Waals surface area (Å²) in [6.45, 7) is 3.73. The van der Waals surface area contributed by atoms with Gasteiger partial charge in [-0.05, 0) is 37.5 Å². The highest BCUT2D eigenvalue weighted by Gasteiger charge is 2.29. The van der Waals surface area contributed by atoms with Crippen LogP contribution in [0.3, 0.4) is 0 Å². The van der Waals surface area contributed by atoms with E-state index in [0.717, 1.165) is 12.1 Å². The summed E-state index contributed by atoms with van der Waals surface area (Å²) < 4.78 is 4.97. The second-order valence-corrected chi connectivity index (χ2v) is 5.32. The fourth-order valence-corrected chi connectivity index (χ4v) is 2.31. The van der Waals surface area contributed by atoms with Gasteiger partial charge in [-0.2, -0.15) is 0 Å². The number of nitrogens with zero attached hydrogens (tertiary/aromatic N) is 1. The summed E-state index contributed by atoms with van der Waals surface area (Å²) in [6, 6.07) is 7.89. The maximum atomic E-state index is 11.5. The Kier molecular flexibility index (Phi) is 5.33. The van der Waals surface area contributed by atoms with Gasteiger partial charge in [-0.25, -0.2) is 0 Å². The average molecular weight is 290 g/mol.